The van der Waals surface area contributed by atoms with E-state index in [0.717, 1.165) is 61.4 Å². The van der Waals surface area contributed by atoms with Crippen LogP contribution in [0.3, 0.4) is 0 Å². The van der Waals surface area contributed by atoms with E-state index in [9.17, 15) is 22.8 Å². The monoisotopic (exact) mass is 540 g/mol. The van der Waals surface area contributed by atoms with Gasteiger partial charge in [0.15, 0.2) is 0 Å². The molecular weight excluding hydrogens is 509 g/mol. The van der Waals surface area contributed by atoms with E-state index < -0.39 is 17.6 Å². The highest BCUT2D eigenvalue weighted by Crippen LogP contribution is 2.42. The summed E-state index contributed by atoms with van der Waals surface area (Å²) in [4.78, 5) is 36.7. The first kappa shape index (κ1) is 26.6. The van der Waals surface area contributed by atoms with Gasteiger partial charge in [-0.2, -0.15) is 13.2 Å². The van der Waals surface area contributed by atoms with Crippen molar-refractivity contribution >= 4 is 40.2 Å². The Morgan fingerprint density at radius 2 is 1.85 bits per heavy atom. The number of aromatic nitrogens is 2. The third-order valence-corrected chi connectivity index (χ3v) is 7.54. The molecule has 8 nitrogen and oxygen atoms in total. The number of anilines is 3. The molecule has 206 valence electrons. The molecule has 39 heavy (non-hydrogen) atoms. The molecule has 2 aromatic carbocycles. The fourth-order valence-corrected chi connectivity index (χ4v) is 5.49. The molecule has 2 aliphatic rings. The van der Waals surface area contributed by atoms with Gasteiger partial charge < -0.3 is 19.3 Å². The predicted molar refractivity (Wildman–Crippen MR) is 145 cm³/mol. The van der Waals surface area contributed by atoms with Crippen molar-refractivity contribution in [2.45, 2.75) is 31.5 Å². The number of hydrogen-bond donors (Lipinski definition) is 1. The van der Waals surface area contributed by atoms with Crippen molar-refractivity contribution in [3.8, 4) is 0 Å². The van der Waals surface area contributed by atoms with Gasteiger partial charge in [0.05, 0.1) is 34.0 Å². The third-order valence-electron chi connectivity index (χ3n) is 7.54. The summed E-state index contributed by atoms with van der Waals surface area (Å²) < 4.78 is 41.9. The van der Waals surface area contributed by atoms with Gasteiger partial charge in [-0.25, -0.2) is 4.98 Å². The standard InChI is InChI=1S/C28H31F3N6O2/c1-4-23(38)36-13-6-5-10-20(17-36)37-24-21(11-12-22-25(24)35(3)15-14-34(22)2)32-27(37)33-26(39)18-8-7-9-19(16-18)28(29,30)31/h4,7-9,11-12,16,20H,1,5-6,10,13-15,17H2,2-3H3,(H,32,33,39). The molecule has 3 aromatic rings. The van der Waals surface area contributed by atoms with E-state index >= 15 is 0 Å². The van der Waals surface area contributed by atoms with E-state index in [1.807, 2.05) is 30.8 Å². The highest BCUT2D eigenvalue weighted by atomic mass is 19.4. The summed E-state index contributed by atoms with van der Waals surface area (Å²) >= 11 is 0. The Balaban J connectivity index is 1.64. The molecule has 1 unspecified atom stereocenters. The van der Waals surface area contributed by atoms with Crippen molar-refractivity contribution in [1.82, 2.24) is 14.5 Å². The highest BCUT2D eigenvalue weighted by Gasteiger charge is 2.33. The van der Waals surface area contributed by atoms with E-state index in [4.69, 9.17) is 4.98 Å². The topological polar surface area (TPSA) is 73.7 Å². The molecule has 2 aliphatic heterocycles. The van der Waals surface area contributed by atoms with Gasteiger partial charge in [-0.3, -0.25) is 14.9 Å². The third kappa shape index (κ3) is 5.05. The first-order valence-corrected chi connectivity index (χ1v) is 13.0. The quantitative estimate of drug-likeness (QED) is 0.475. The maximum Gasteiger partial charge on any atom is 0.416 e. The van der Waals surface area contributed by atoms with Gasteiger partial charge >= 0.3 is 6.18 Å². The number of hydrogen-bond acceptors (Lipinski definition) is 5. The molecule has 0 spiro atoms. The zero-order valence-electron chi connectivity index (χ0n) is 22.0. The summed E-state index contributed by atoms with van der Waals surface area (Å²) in [5.41, 5.74) is 2.43. The summed E-state index contributed by atoms with van der Waals surface area (Å²) in [5, 5.41) is 2.79. The zero-order chi connectivity index (χ0) is 27.9. The van der Waals surface area contributed by atoms with Crippen LogP contribution < -0.4 is 15.1 Å². The Hall–Kier alpha value is -4.02. The second kappa shape index (κ2) is 10.3. The predicted octanol–water partition coefficient (Wildman–Crippen LogP) is 4.93. The van der Waals surface area contributed by atoms with Crippen LogP contribution in [0, 0.1) is 0 Å². The molecule has 11 heteroatoms. The number of fused-ring (bicyclic) bond motifs is 3. The average molecular weight is 541 g/mol. The molecule has 1 saturated heterocycles. The Labute approximate surface area is 224 Å². The molecule has 1 atom stereocenters. The molecule has 1 N–H and O–H groups in total. The molecule has 5 rings (SSSR count). The fraction of sp³-hybridized carbons (Fsp3) is 0.393. The van der Waals surface area contributed by atoms with Crippen molar-refractivity contribution in [1.29, 1.82) is 0 Å². The van der Waals surface area contributed by atoms with Gasteiger partial charge in [-0.05, 0) is 55.7 Å². The van der Waals surface area contributed by atoms with Crippen LogP contribution in [0.15, 0.2) is 49.1 Å². The number of imidazole rings is 1. The van der Waals surface area contributed by atoms with Crippen LogP contribution in [0.25, 0.3) is 11.0 Å². The second-order valence-corrected chi connectivity index (χ2v) is 10.1. The van der Waals surface area contributed by atoms with E-state index in [1.165, 1.54) is 18.2 Å². The number of carbonyl (C=O) groups excluding carboxylic acids is 2. The van der Waals surface area contributed by atoms with Crippen molar-refractivity contribution in [2.24, 2.45) is 0 Å². The van der Waals surface area contributed by atoms with Crippen LogP contribution in [0.2, 0.25) is 0 Å². The van der Waals surface area contributed by atoms with E-state index in [2.05, 4.69) is 21.7 Å². The van der Waals surface area contributed by atoms with Crippen LogP contribution in [0.4, 0.5) is 30.5 Å². The summed E-state index contributed by atoms with van der Waals surface area (Å²) in [7, 11) is 4.02. The van der Waals surface area contributed by atoms with Crippen LogP contribution in [0.5, 0.6) is 0 Å². The first-order chi connectivity index (χ1) is 18.6. The van der Waals surface area contributed by atoms with Gasteiger partial charge in [0, 0.05) is 45.8 Å². The lowest BCUT2D eigenvalue weighted by Crippen LogP contribution is -2.37. The molecule has 3 heterocycles. The van der Waals surface area contributed by atoms with Crippen LogP contribution in [0.1, 0.15) is 41.2 Å². The molecule has 0 radical (unpaired) electrons. The fourth-order valence-electron chi connectivity index (χ4n) is 5.49. The van der Waals surface area contributed by atoms with Gasteiger partial charge in [-0.15, -0.1) is 0 Å². The number of rotatable bonds is 4. The highest BCUT2D eigenvalue weighted by molar-refractivity contribution is 6.06. The van der Waals surface area contributed by atoms with Crippen molar-refractivity contribution < 1.29 is 22.8 Å². The van der Waals surface area contributed by atoms with Gasteiger partial charge in [0.2, 0.25) is 11.9 Å². The smallest absolute Gasteiger partial charge is 0.371 e. The Morgan fingerprint density at radius 3 is 2.59 bits per heavy atom. The van der Waals surface area contributed by atoms with Crippen molar-refractivity contribution in [3.63, 3.8) is 0 Å². The summed E-state index contributed by atoms with van der Waals surface area (Å²) in [6.07, 6.45) is -0.843. The normalized spacial score (nSPS) is 18.1. The van der Waals surface area contributed by atoms with E-state index in [0.29, 0.717) is 18.6 Å². The van der Waals surface area contributed by atoms with Gasteiger partial charge in [-0.1, -0.05) is 12.6 Å². The lowest BCUT2D eigenvalue weighted by atomic mass is 10.1. The van der Waals surface area contributed by atoms with Crippen molar-refractivity contribution in [3.05, 3.63) is 60.2 Å². The maximum absolute atomic E-state index is 13.3. The number of likely N-dealkylation sites (N-methyl/N-ethyl adjacent to an activating group) is 2. The number of alkyl halides is 3. The summed E-state index contributed by atoms with van der Waals surface area (Å²) in [6, 6.07) is 7.99. The van der Waals surface area contributed by atoms with Gasteiger partial charge in [0.25, 0.3) is 5.91 Å². The lowest BCUT2D eigenvalue weighted by molar-refractivity contribution is -0.137. The average Bonchev–Trinajstić information content (AvgIpc) is 3.10. The number of nitrogens with one attached hydrogen (secondary N) is 1. The molecule has 1 fully saturated rings. The van der Waals surface area contributed by atoms with Crippen LogP contribution in [-0.2, 0) is 11.0 Å². The number of amides is 2. The molecule has 0 bridgehead atoms. The molecule has 0 saturated carbocycles. The largest absolute Gasteiger partial charge is 0.416 e. The van der Waals surface area contributed by atoms with E-state index in [-0.39, 0.29) is 23.5 Å². The molecule has 1 aromatic heterocycles. The zero-order valence-corrected chi connectivity index (χ0v) is 22.0. The Kier molecular flexibility index (Phi) is 7.00. The maximum atomic E-state index is 13.3. The second-order valence-electron chi connectivity index (χ2n) is 10.1. The number of nitrogens with zero attached hydrogens (tertiary/aromatic N) is 5. The minimum atomic E-state index is -4.57. The summed E-state index contributed by atoms with van der Waals surface area (Å²) in [6.45, 7) is 6.25. The number of halogens is 3. The number of carbonyl (C=O) groups is 2. The SMILES string of the molecule is C=CC(=O)N1CCCCC(n2c(NC(=O)c3cccc(C(F)(F)F)c3)nc3ccc4c(c32)N(C)CCN4C)C1. The molecule has 0 aliphatic carbocycles. The Bertz CT molecular complexity index is 1430. The van der Waals surface area contributed by atoms with E-state index in [1.54, 1.807) is 4.90 Å². The molecule has 2 amide bonds. The number of likely N-dealkylation sites (tertiary alicyclic amines) is 1. The minimum absolute atomic E-state index is 0.119. The van der Waals surface area contributed by atoms with Crippen LogP contribution in [-0.4, -0.2) is 66.5 Å². The number of benzene rings is 2. The minimum Gasteiger partial charge on any atom is -0.371 e. The van der Waals surface area contributed by atoms with Crippen molar-refractivity contribution in [2.75, 3.05) is 55.4 Å². The Morgan fingerprint density at radius 1 is 1.08 bits per heavy atom. The summed E-state index contributed by atoms with van der Waals surface area (Å²) in [5.74, 6) is -0.621. The molecular formula is C28H31F3N6O2. The lowest BCUT2D eigenvalue weighted by Gasteiger charge is -2.36. The van der Waals surface area contributed by atoms with Crippen LogP contribution >= 0.6 is 0 Å². The first-order valence-electron chi connectivity index (χ1n) is 13.0. The van der Waals surface area contributed by atoms with Gasteiger partial charge in [0.1, 0.15) is 0 Å².